The summed E-state index contributed by atoms with van der Waals surface area (Å²) in [7, 11) is 1.41. The van der Waals surface area contributed by atoms with Crippen LogP contribution in [0, 0.1) is 0 Å². The van der Waals surface area contributed by atoms with Gasteiger partial charge in [-0.05, 0) is 37.1 Å². The van der Waals surface area contributed by atoms with Gasteiger partial charge in [-0.1, -0.05) is 22.9 Å². The largest absolute Gasteiger partial charge is 0.469 e. The van der Waals surface area contributed by atoms with Crippen molar-refractivity contribution in [3.63, 3.8) is 0 Å². The molecule has 94 valence electrons. The SMILES string of the molecule is CCc1cc(Br)ccc1NC(C)CC(=O)OC. The van der Waals surface area contributed by atoms with Gasteiger partial charge in [0, 0.05) is 16.2 Å². The highest BCUT2D eigenvalue weighted by atomic mass is 79.9. The second-order valence-corrected chi connectivity index (χ2v) is 4.90. The second-order valence-electron chi connectivity index (χ2n) is 3.98. The van der Waals surface area contributed by atoms with Gasteiger partial charge in [0.2, 0.25) is 0 Å². The summed E-state index contributed by atoms with van der Waals surface area (Å²) in [5.41, 5.74) is 2.31. The number of esters is 1. The number of carbonyl (C=O) groups excluding carboxylic acids is 1. The highest BCUT2D eigenvalue weighted by Gasteiger charge is 2.10. The monoisotopic (exact) mass is 299 g/mol. The Hall–Kier alpha value is -1.03. The van der Waals surface area contributed by atoms with E-state index < -0.39 is 0 Å². The van der Waals surface area contributed by atoms with Crippen molar-refractivity contribution < 1.29 is 9.53 Å². The van der Waals surface area contributed by atoms with Gasteiger partial charge in [-0.25, -0.2) is 0 Å². The average Bonchev–Trinajstić information content (AvgIpc) is 2.31. The van der Waals surface area contributed by atoms with E-state index in [1.165, 1.54) is 12.7 Å². The Bertz CT molecular complexity index is 393. The minimum Gasteiger partial charge on any atom is -0.469 e. The van der Waals surface area contributed by atoms with Gasteiger partial charge in [0.1, 0.15) is 0 Å². The number of rotatable bonds is 5. The van der Waals surface area contributed by atoms with Gasteiger partial charge in [-0.3, -0.25) is 4.79 Å². The van der Waals surface area contributed by atoms with Gasteiger partial charge in [0.15, 0.2) is 0 Å². The van der Waals surface area contributed by atoms with E-state index in [4.69, 9.17) is 0 Å². The molecule has 1 aromatic carbocycles. The van der Waals surface area contributed by atoms with Crippen LogP contribution >= 0.6 is 15.9 Å². The van der Waals surface area contributed by atoms with Crippen LogP contribution in [0.15, 0.2) is 22.7 Å². The van der Waals surface area contributed by atoms with Crippen LogP contribution in [0.1, 0.15) is 25.8 Å². The van der Waals surface area contributed by atoms with Gasteiger partial charge in [-0.15, -0.1) is 0 Å². The van der Waals surface area contributed by atoms with E-state index in [0.29, 0.717) is 6.42 Å². The number of halogens is 1. The van der Waals surface area contributed by atoms with Crippen molar-refractivity contribution in [2.75, 3.05) is 12.4 Å². The fourth-order valence-electron chi connectivity index (χ4n) is 1.65. The lowest BCUT2D eigenvalue weighted by molar-refractivity contribution is -0.140. The van der Waals surface area contributed by atoms with E-state index in [0.717, 1.165) is 16.6 Å². The average molecular weight is 300 g/mol. The molecule has 0 heterocycles. The van der Waals surface area contributed by atoms with Gasteiger partial charge in [0.05, 0.1) is 13.5 Å². The lowest BCUT2D eigenvalue weighted by Crippen LogP contribution is -2.21. The topological polar surface area (TPSA) is 38.3 Å². The molecule has 1 unspecified atom stereocenters. The number of benzene rings is 1. The van der Waals surface area contributed by atoms with Crippen LogP contribution in [-0.2, 0) is 16.0 Å². The summed E-state index contributed by atoms with van der Waals surface area (Å²) in [6.07, 6.45) is 1.32. The molecule has 0 radical (unpaired) electrons. The first-order valence-electron chi connectivity index (χ1n) is 5.68. The van der Waals surface area contributed by atoms with Crippen molar-refractivity contribution in [1.29, 1.82) is 0 Å². The first-order valence-corrected chi connectivity index (χ1v) is 6.47. The molecular weight excluding hydrogens is 282 g/mol. The van der Waals surface area contributed by atoms with E-state index >= 15 is 0 Å². The van der Waals surface area contributed by atoms with Crippen LogP contribution in [0.25, 0.3) is 0 Å². The molecule has 1 N–H and O–H groups in total. The molecule has 0 aromatic heterocycles. The maximum Gasteiger partial charge on any atom is 0.307 e. The van der Waals surface area contributed by atoms with Crippen molar-refractivity contribution in [2.24, 2.45) is 0 Å². The van der Waals surface area contributed by atoms with Crippen molar-refractivity contribution in [3.05, 3.63) is 28.2 Å². The molecule has 0 bridgehead atoms. The maximum atomic E-state index is 11.2. The molecule has 0 saturated carbocycles. The van der Waals surface area contributed by atoms with Crippen LogP contribution in [0.3, 0.4) is 0 Å². The van der Waals surface area contributed by atoms with Crippen molar-refractivity contribution in [2.45, 2.75) is 32.7 Å². The third-order valence-electron chi connectivity index (χ3n) is 2.55. The van der Waals surface area contributed by atoms with Crippen molar-refractivity contribution >= 4 is 27.6 Å². The Labute approximate surface area is 111 Å². The first-order chi connectivity index (χ1) is 8.06. The molecule has 0 amide bonds. The molecule has 0 aliphatic heterocycles. The molecule has 0 aliphatic rings. The van der Waals surface area contributed by atoms with Gasteiger partial charge in [0.25, 0.3) is 0 Å². The first kappa shape index (κ1) is 14.0. The zero-order valence-corrected chi connectivity index (χ0v) is 12.0. The number of methoxy groups -OCH3 is 1. The third kappa shape index (κ3) is 4.38. The Morgan fingerprint density at radius 2 is 2.24 bits per heavy atom. The number of hydrogen-bond acceptors (Lipinski definition) is 3. The maximum absolute atomic E-state index is 11.2. The number of nitrogens with one attached hydrogen (secondary N) is 1. The zero-order valence-electron chi connectivity index (χ0n) is 10.4. The van der Waals surface area contributed by atoms with Crippen LogP contribution in [-0.4, -0.2) is 19.1 Å². The van der Waals surface area contributed by atoms with Crippen LogP contribution in [0.5, 0.6) is 0 Å². The molecule has 3 nitrogen and oxygen atoms in total. The van der Waals surface area contributed by atoms with Gasteiger partial charge < -0.3 is 10.1 Å². The van der Waals surface area contributed by atoms with Gasteiger partial charge >= 0.3 is 5.97 Å². The van der Waals surface area contributed by atoms with Crippen molar-refractivity contribution in [1.82, 2.24) is 0 Å². The summed E-state index contributed by atoms with van der Waals surface area (Å²) in [6.45, 7) is 4.08. The number of anilines is 1. The molecule has 17 heavy (non-hydrogen) atoms. The molecule has 0 saturated heterocycles. The van der Waals surface area contributed by atoms with E-state index in [-0.39, 0.29) is 12.0 Å². The molecule has 0 fully saturated rings. The van der Waals surface area contributed by atoms with Gasteiger partial charge in [-0.2, -0.15) is 0 Å². The summed E-state index contributed by atoms with van der Waals surface area (Å²) >= 11 is 3.45. The van der Waals surface area contributed by atoms with Crippen LogP contribution < -0.4 is 5.32 Å². The molecule has 1 atom stereocenters. The Morgan fingerprint density at radius 1 is 1.53 bits per heavy atom. The normalized spacial score (nSPS) is 12.0. The number of carbonyl (C=O) groups is 1. The molecule has 1 aromatic rings. The van der Waals surface area contributed by atoms with Crippen LogP contribution in [0.2, 0.25) is 0 Å². The summed E-state index contributed by atoms with van der Waals surface area (Å²) in [5, 5.41) is 3.33. The highest BCUT2D eigenvalue weighted by Crippen LogP contribution is 2.22. The van der Waals surface area contributed by atoms with E-state index in [1.807, 2.05) is 19.1 Å². The third-order valence-corrected chi connectivity index (χ3v) is 3.04. The highest BCUT2D eigenvalue weighted by molar-refractivity contribution is 9.10. The molecule has 1 rings (SSSR count). The lowest BCUT2D eigenvalue weighted by atomic mass is 10.1. The summed E-state index contributed by atoms with van der Waals surface area (Å²) < 4.78 is 5.72. The summed E-state index contributed by atoms with van der Waals surface area (Å²) in [6, 6.07) is 6.17. The Kier molecular flexibility index (Phi) is 5.48. The summed E-state index contributed by atoms with van der Waals surface area (Å²) in [4.78, 5) is 11.2. The fourth-order valence-corrected chi connectivity index (χ4v) is 2.05. The van der Waals surface area contributed by atoms with E-state index in [2.05, 4.69) is 39.0 Å². The Balaban J connectivity index is 2.70. The minimum absolute atomic E-state index is 0.0638. The molecule has 0 spiro atoms. The predicted octanol–water partition coefficient (Wildman–Crippen LogP) is 3.38. The zero-order chi connectivity index (χ0) is 12.8. The molecule has 4 heteroatoms. The number of aryl methyl sites for hydroxylation is 1. The fraction of sp³-hybridized carbons (Fsp3) is 0.462. The van der Waals surface area contributed by atoms with E-state index in [1.54, 1.807) is 0 Å². The number of hydrogen-bond donors (Lipinski definition) is 1. The van der Waals surface area contributed by atoms with E-state index in [9.17, 15) is 4.79 Å². The summed E-state index contributed by atoms with van der Waals surface area (Å²) in [5.74, 6) is -0.194. The smallest absolute Gasteiger partial charge is 0.307 e. The molecular formula is C13H18BrNO2. The predicted molar refractivity (Wildman–Crippen MR) is 73.2 cm³/mol. The quantitative estimate of drug-likeness (QED) is 0.847. The minimum atomic E-state index is -0.194. The lowest BCUT2D eigenvalue weighted by Gasteiger charge is -2.17. The number of ether oxygens (including phenoxy) is 1. The van der Waals surface area contributed by atoms with Crippen LogP contribution in [0.4, 0.5) is 5.69 Å². The second kappa shape index (κ2) is 6.64. The standard InChI is InChI=1S/C13H18BrNO2/c1-4-10-8-11(14)5-6-12(10)15-9(2)7-13(16)17-3/h5-6,8-9,15H,4,7H2,1-3H3. The Morgan fingerprint density at radius 3 is 2.82 bits per heavy atom. The van der Waals surface area contributed by atoms with Crippen molar-refractivity contribution in [3.8, 4) is 0 Å². The molecule has 0 aliphatic carbocycles.